The first-order valence-corrected chi connectivity index (χ1v) is 22.7. The van der Waals surface area contributed by atoms with E-state index in [9.17, 15) is 28.3 Å². The molecule has 16 nitrogen and oxygen atoms in total. The van der Waals surface area contributed by atoms with Gasteiger partial charge in [-0.25, -0.2) is 9.13 Å². The van der Waals surface area contributed by atoms with Crippen LogP contribution in [-0.4, -0.2) is 86.7 Å². The van der Waals surface area contributed by atoms with Crippen molar-refractivity contribution >= 4 is 60.9 Å². The molecule has 2 aromatic carbocycles. The van der Waals surface area contributed by atoms with Gasteiger partial charge in [0.25, 0.3) is 11.8 Å². The Morgan fingerprint density at radius 1 is 0.630 bits per heavy atom. The highest BCUT2D eigenvalue weighted by atomic mass is 33.1. The van der Waals surface area contributed by atoms with Gasteiger partial charge in [-0.2, -0.15) is 0 Å². The maximum absolute atomic E-state index is 13.1. The van der Waals surface area contributed by atoms with E-state index in [-0.39, 0.29) is 62.5 Å². The molecule has 2 heterocycles. The highest BCUT2D eigenvalue weighted by molar-refractivity contribution is 8.76. The topological polar surface area (TPSA) is 206 Å². The Bertz CT molecular complexity index is 1550. The minimum atomic E-state index is -4.03. The molecular weight excluding hydrogens is 782 g/mol. The summed E-state index contributed by atoms with van der Waals surface area (Å²) in [4.78, 5) is 50.4. The summed E-state index contributed by atoms with van der Waals surface area (Å²) in [6, 6.07) is 16.8. The van der Waals surface area contributed by atoms with Gasteiger partial charge in [-0.1, -0.05) is 85.7 Å². The zero-order valence-corrected chi connectivity index (χ0v) is 34.0. The minimum absolute atomic E-state index is 0.0248. The van der Waals surface area contributed by atoms with E-state index in [1.165, 1.54) is 21.6 Å². The number of nitrogens with one attached hydrogen (secondary N) is 4. The fraction of sp³-hybridized carbons (Fsp3) is 0.529. The lowest BCUT2D eigenvalue weighted by atomic mass is 9.87. The fourth-order valence-electron chi connectivity index (χ4n) is 4.91. The molecule has 0 bridgehead atoms. The molecule has 2 unspecified atom stereocenters. The van der Waals surface area contributed by atoms with Crippen molar-refractivity contribution in [3.63, 3.8) is 0 Å². The van der Waals surface area contributed by atoms with Gasteiger partial charge in [-0.3, -0.25) is 37.3 Å². The first kappa shape index (κ1) is 43.6. The Labute approximate surface area is 323 Å². The molecule has 4 amide bonds. The zero-order valence-electron chi connectivity index (χ0n) is 30.6. The highest BCUT2D eigenvalue weighted by Crippen LogP contribution is 2.58. The van der Waals surface area contributed by atoms with Crippen LogP contribution in [0.5, 0.6) is 11.5 Å². The third-order valence-corrected chi connectivity index (χ3v) is 13.0. The lowest BCUT2D eigenvalue weighted by Crippen LogP contribution is -2.50. The van der Waals surface area contributed by atoms with Gasteiger partial charge in [-0.05, 0) is 24.3 Å². The van der Waals surface area contributed by atoms with Gasteiger partial charge in [0.1, 0.15) is 11.5 Å². The summed E-state index contributed by atoms with van der Waals surface area (Å²) in [5.41, 5.74) is -1.58. The van der Waals surface area contributed by atoms with Gasteiger partial charge in [-0.15, -0.1) is 0 Å². The first-order chi connectivity index (χ1) is 25.6. The quantitative estimate of drug-likeness (QED) is 0.0848. The van der Waals surface area contributed by atoms with E-state index >= 15 is 0 Å². The molecular formula is C34H48N4O12P2S2. The average molecular weight is 831 g/mol. The number of para-hydroxylation sites is 2. The standard InChI is InChI=1S/C34H48N4O12P2S2/c1-33(2)23-45-51(43,47-25-11-7-5-8-12-25)49-29(33)31(41)37-17-15-27(39)35-19-21-53-54-22-20-36-28(40)16-18-38-32(42)30-34(3,4)24-46-52(44,50-30)48-26-13-9-6-10-14-26/h5-14,29-30H,15-24H2,1-4H3,(H,35,39)(H,36,40)(H,37,41)(H,38,42)/t29-,30-,51?,52?/m0/s1. The first-order valence-electron chi connectivity index (χ1n) is 17.3. The normalized spacial score (nSPS) is 24.4. The summed E-state index contributed by atoms with van der Waals surface area (Å²) < 4.78 is 58.9. The molecule has 0 aliphatic carbocycles. The molecule has 2 aromatic rings. The van der Waals surface area contributed by atoms with Gasteiger partial charge < -0.3 is 30.3 Å². The summed E-state index contributed by atoms with van der Waals surface area (Å²) in [6.07, 6.45) is -2.14. The van der Waals surface area contributed by atoms with Crippen LogP contribution < -0.4 is 30.3 Å². The van der Waals surface area contributed by atoms with Gasteiger partial charge in [0.05, 0.1) is 13.2 Å². The molecule has 298 valence electrons. The van der Waals surface area contributed by atoms with E-state index in [2.05, 4.69) is 21.3 Å². The Balaban J connectivity index is 1.02. The summed E-state index contributed by atoms with van der Waals surface area (Å²) in [6.45, 7) is 7.88. The number of hydrogen-bond donors (Lipinski definition) is 4. The number of hydrogen-bond acceptors (Lipinski definition) is 14. The molecule has 4 N–H and O–H groups in total. The molecule has 2 aliphatic rings. The van der Waals surface area contributed by atoms with E-state index in [4.69, 9.17) is 27.1 Å². The van der Waals surface area contributed by atoms with Crippen LogP contribution in [0.1, 0.15) is 40.5 Å². The SMILES string of the molecule is CC1(C)COP(=O)(Oc2ccccc2)O[C@H]1C(=O)NCCC(=O)NCCSSCCNC(=O)CCNC(=O)[C@@H]1OP(=O)(Oc2ccccc2)OCC1(C)C. The molecule has 2 aliphatic heterocycles. The van der Waals surface area contributed by atoms with Gasteiger partial charge in [0.2, 0.25) is 11.8 Å². The van der Waals surface area contributed by atoms with Gasteiger partial charge >= 0.3 is 15.6 Å². The summed E-state index contributed by atoms with van der Waals surface area (Å²) in [5, 5.41) is 10.9. The van der Waals surface area contributed by atoms with E-state index < -0.39 is 50.5 Å². The molecule has 2 saturated heterocycles. The van der Waals surface area contributed by atoms with Crippen LogP contribution in [-0.2, 0) is 46.4 Å². The van der Waals surface area contributed by atoms with Crippen molar-refractivity contribution in [1.29, 1.82) is 0 Å². The minimum Gasteiger partial charge on any atom is -0.404 e. The molecule has 4 rings (SSSR count). The zero-order chi connectivity index (χ0) is 39.2. The Morgan fingerprint density at radius 3 is 1.37 bits per heavy atom. The van der Waals surface area contributed by atoms with Crippen molar-refractivity contribution in [2.45, 2.75) is 52.7 Å². The molecule has 0 radical (unpaired) electrons. The number of phosphoric acid groups is 2. The van der Waals surface area contributed by atoms with E-state index in [1.54, 1.807) is 88.4 Å². The van der Waals surface area contributed by atoms with Crippen LogP contribution in [0.15, 0.2) is 60.7 Å². The van der Waals surface area contributed by atoms with Crippen LogP contribution >= 0.6 is 37.2 Å². The van der Waals surface area contributed by atoms with Crippen LogP contribution in [0.3, 0.4) is 0 Å². The number of carbonyl (C=O) groups is 4. The van der Waals surface area contributed by atoms with Crippen LogP contribution in [0.4, 0.5) is 0 Å². The number of phosphoric ester groups is 2. The maximum Gasteiger partial charge on any atom is 0.530 e. The fourth-order valence-corrected chi connectivity index (χ4v) is 10.1. The van der Waals surface area contributed by atoms with Crippen molar-refractivity contribution in [1.82, 2.24) is 21.3 Å². The molecule has 4 atom stereocenters. The van der Waals surface area contributed by atoms with Gasteiger partial charge in [0, 0.05) is 61.4 Å². The van der Waals surface area contributed by atoms with Crippen LogP contribution in [0.25, 0.3) is 0 Å². The predicted octanol–water partition coefficient (Wildman–Crippen LogP) is 4.87. The maximum atomic E-state index is 13.1. The second kappa shape index (κ2) is 20.2. The third-order valence-electron chi connectivity index (χ3n) is 7.88. The number of carbonyl (C=O) groups excluding carboxylic acids is 4. The van der Waals surface area contributed by atoms with E-state index in [0.717, 1.165) is 0 Å². The second-order valence-electron chi connectivity index (χ2n) is 13.6. The van der Waals surface area contributed by atoms with Crippen molar-refractivity contribution < 1.29 is 55.5 Å². The largest absolute Gasteiger partial charge is 0.530 e. The lowest BCUT2D eigenvalue weighted by molar-refractivity contribution is -0.141. The Morgan fingerprint density at radius 2 is 1.00 bits per heavy atom. The molecule has 0 spiro atoms. The van der Waals surface area contributed by atoms with Crippen LogP contribution in [0, 0.1) is 10.8 Å². The number of rotatable bonds is 19. The third kappa shape index (κ3) is 13.9. The number of benzene rings is 2. The average Bonchev–Trinajstić information content (AvgIpc) is 3.12. The summed E-state index contributed by atoms with van der Waals surface area (Å²) in [5.74, 6) is 0.290. The molecule has 0 saturated carbocycles. The van der Waals surface area contributed by atoms with Gasteiger partial charge in [0.15, 0.2) is 12.2 Å². The lowest BCUT2D eigenvalue weighted by Gasteiger charge is -2.39. The van der Waals surface area contributed by atoms with Crippen LogP contribution in [0.2, 0.25) is 0 Å². The molecule has 20 heteroatoms. The van der Waals surface area contributed by atoms with Crippen molar-refractivity contribution in [3.05, 3.63) is 60.7 Å². The second-order valence-corrected chi connectivity index (χ2v) is 19.4. The van der Waals surface area contributed by atoms with Crippen molar-refractivity contribution in [3.8, 4) is 11.5 Å². The van der Waals surface area contributed by atoms with Crippen molar-refractivity contribution in [2.24, 2.45) is 10.8 Å². The Kier molecular flexibility index (Phi) is 16.3. The molecule has 2 fully saturated rings. The van der Waals surface area contributed by atoms with Crippen molar-refractivity contribution in [2.75, 3.05) is 50.9 Å². The van der Waals surface area contributed by atoms with E-state index in [0.29, 0.717) is 24.6 Å². The Hall–Kier alpha value is -3.08. The number of amides is 4. The smallest absolute Gasteiger partial charge is 0.404 e. The summed E-state index contributed by atoms with van der Waals surface area (Å²) >= 11 is 0. The highest BCUT2D eigenvalue weighted by Gasteiger charge is 2.51. The van der Waals surface area contributed by atoms with E-state index in [1.807, 2.05) is 0 Å². The summed E-state index contributed by atoms with van der Waals surface area (Å²) in [7, 11) is -5.01. The predicted molar refractivity (Wildman–Crippen MR) is 205 cm³/mol. The monoisotopic (exact) mass is 830 g/mol. The molecule has 0 aromatic heterocycles. The molecule has 54 heavy (non-hydrogen) atoms.